The molecule has 24 heavy (non-hydrogen) atoms. The second-order valence-electron chi connectivity index (χ2n) is 5.58. The van der Waals surface area contributed by atoms with Gasteiger partial charge in [-0.3, -0.25) is 9.59 Å². The number of hydrogen-bond donors (Lipinski definition) is 1. The number of carbonyl (C=O) groups is 2. The van der Waals surface area contributed by atoms with Crippen molar-refractivity contribution in [2.75, 3.05) is 19.3 Å². The first kappa shape index (κ1) is 16.9. The van der Waals surface area contributed by atoms with E-state index < -0.39 is 0 Å². The first-order valence-corrected chi connectivity index (χ1v) is 8.91. The minimum Gasteiger partial charge on any atom is -0.459 e. The van der Waals surface area contributed by atoms with Crippen molar-refractivity contribution >= 4 is 35.2 Å². The predicted octanol–water partition coefficient (Wildman–Crippen LogP) is 3.36. The molecule has 0 saturated carbocycles. The highest BCUT2D eigenvalue weighted by molar-refractivity contribution is 7.99. The Morgan fingerprint density at radius 2 is 2.25 bits per heavy atom. The fourth-order valence-electron chi connectivity index (χ4n) is 2.63. The van der Waals surface area contributed by atoms with E-state index in [1.807, 2.05) is 18.2 Å². The number of halogens is 1. The van der Waals surface area contributed by atoms with E-state index in [0.29, 0.717) is 5.02 Å². The highest BCUT2D eigenvalue weighted by atomic mass is 35.5. The maximum atomic E-state index is 12.3. The summed E-state index contributed by atoms with van der Waals surface area (Å²) in [5, 5.41) is 3.65. The van der Waals surface area contributed by atoms with Gasteiger partial charge in [0.25, 0.3) is 5.91 Å². The van der Waals surface area contributed by atoms with Crippen molar-refractivity contribution in [3.63, 3.8) is 0 Å². The monoisotopic (exact) mass is 364 g/mol. The van der Waals surface area contributed by atoms with E-state index in [4.69, 9.17) is 16.0 Å². The van der Waals surface area contributed by atoms with Gasteiger partial charge in [0.05, 0.1) is 18.8 Å². The number of fused-ring (bicyclic) bond motifs is 1. The van der Waals surface area contributed by atoms with Crippen LogP contribution in [-0.4, -0.2) is 36.1 Å². The molecule has 1 aliphatic heterocycles. The third-order valence-electron chi connectivity index (χ3n) is 3.81. The lowest BCUT2D eigenvalue weighted by molar-refractivity contribution is -0.122. The zero-order chi connectivity index (χ0) is 17.1. The van der Waals surface area contributed by atoms with Crippen LogP contribution in [0.25, 0.3) is 0 Å². The fourth-order valence-corrected chi connectivity index (χ4v) is 3.92. The van der Waals surface area contributed by atoms with Gasteiger partial charge in [-0.1, -0.05) is 11.6 Å². The maximum absolute atomic E-state index is 12.3. The molecule has 0 bridgehead atoms. The van der Waals surface area contributed by atoms with Gasteiger partial charge in [0.1, 0.15) is 0 Å². The van der Waals surface area contributed by atoms with Crippen LogP contribution >= 0.6 is 23.4 Å². The zero-order valence-corrected chi connectivity index (χ0v) is 14.7. The third-order valence-corrected chi connectivity index (χ3v) is 5.16. The van der Waals surface area contributed by atoms with E-state index in [1.54, 1.807) is 30.9 Å². The molecule has 0 fully saturated rings. The highest BCUT2D eigenvalue weighted by Crippen LogP contribution is 2.37. The summed E-state index contributed by atoms with van der Waals surface area (Å²) in [6, 6.07) is 8.86. The minimum atomic E-state index is -0.321. The summed E-state index contributed by atoms with van der Waals surface area (Å²) in [6.07, 6.45) is 2.26. The van der Waals surface area contributed by atoms with Crippen molar-refractivity contribution in [1.82, 2.24) is 10.2 Å². The second-order valence-corrected chi connectivity index (χ2v) is 7.15. The molecule has 0 spiro atoms. The maximum Gasteiger partial charge on any atom is 0.289 e. The number of benzene rings is 1. The minimum absolute atomic E-state index is 0.0287. The smallest absolute Gasteiger partial charge is 0.289 e. The van der Waals surface area contributed by atoms with Crippen LogP contribution in [0.15, 0.2) is 45.9 Å². The lowest BCUT2D eigenvalue weighted by Gasteiger charge is -2.27. The molecule has 1 atom stereocenters. The fraction of sp³-hybridized carbons (Fsp3) is 0.294. The van der Waals surface area contributed by atoms with Gasteiger partial charge in [0.2, 0.25) is 5.91 Å². The summed E-state index contributed by atoms with van der Waals surface area (Å²) in [7, 11) is 1.58. The van der Waals surface area contributed by atoms with E-state index >= 15 is 0 Å². The van der Waals surface area contributed by atoms with Crippen molar-refractivity contribution < 1.29 is 14.0 Å². The molecule has 1 aromatic heterocycles. The van der Waals surface area contributed by atoms with E-state index in [-0.39, 0.29) is 30.2 Å². The largest absolute Gasteiger partial charge is 0.459 e. The number of nitrogens with zero attached hydrogens (tertiary/aromatic N) is 1. The molecular formula is C17H17ClN2O3S. The molecule has 0 aliphatic carbocycles. The molecule has 126 valence electrons. The average Bonchev–Trinajstić information content (AvgIpc) is 3.09. The Kier molecular flexibility index (Phi) is 5.16. The van der Waals surface area contributed by atoms with Gasteiger partial charge in [0, 0.05) is 22.7 Å². The summed E-state index contributed by atoms with van der Waals surface area (Å²) in [5.74, 6) is 0.621. The predicted molar refractivity (Wildman–Crippen MR) is 93.3 cm³/mol. The Bertz CT molecular complexity index is 748. The lowest BCUT2D eigenvalue weighted by atomic mass is 10.0. The molecule has 2 heterocycles. The van der Waals surface area contributed by atoms with E-state index in [9.17, 15) is 9.59 Å². The Balaban J connectivity index is 1.64. The van der Waals surface area contributed by atoms with Gasteiger partial charge in [0.15, 0.2) is 5.76 Å². The summed E-state index contributed by atoms with van der Waals surface area (Å²) in [4.78, 5) is 26.9. The van der Waals surface area contributed by atoms with Crippen LogP contribution in [0.1, 0.15) is 28.6 Å². The molecule has 7 heteroatoms. The number of hydrogen-bond acceptors (Lipinski definition) is 4. The lowest BCUT2D eigenvalue weighted by Crippen LogP contribution is -2.40. The van der Waals surface area contributed by atoms with Crippen molar-refractivity contribution in [1.29, 1.82) is 0 Å². The first-order chi connectivity index (χ1) is 11.5. The number of rotatable bonds is 4. The number of carbonyl (C=O) groups excluding carboxylic acids is 2. The topological polar surface area (TPSA) is 62.6 Å². The van der Waals surface area contributed by atoms with Gasteiger partial charge in [-0.05, 0) is 42.3 Å². The van der Waals surface area contributed by atoms with Crippen LogP contribution < -0.4 is 5.32 Å². The molecular weight excluding hydrogens is 348 g/mol. The summed E-state index contributed by atoms with van der Waals surface area (Å²) < 4.78 is 5.07. The van der Waals surface area contributed by atoms with Gasteiger partial charge < -0.3 is 14.6 Å². The highest BCUT2D eigenvalue weighted by Gasteiger charge is 2.24. The van der Waals surface area contributed by atoms with Crippen LogP contribution in [0.2, 0.25) is 5.02 Å². The SMILES string of the molecule is CN(CC(=O)NC1CCSc2ccc(Cl)cc21)C(=O)c1ccco1. The Morgan fingerprint density at radius 3 is 3.00 bits per heavy atom. The first-order valence-electron chi connectivity index (χ1n) is 7.55. The van der Waals surface area contributed by atoms with Crippen molar-refractivity contribution in [2.24, 2.45) is 0 Å². The standard InChI is InChI=1S/C17H17ClN2O3S/c1-20(17(22)14-3-2-7-23-14)10-16(21)19-13-6-8-24-15-5-4-11(18)9-12(13)15/h2-5,7,9,13H,6,8,10H2,1H3,(H,19,21). The molecule has 5 nitrogen and oxygen atoms in total. The zero-order valence-electron chi connectivity index (χ0n) is 13.1. The Morgan fingerprint density at radius 1 is 1.42 bits per heavy atom. The molecule has 1 unspecified atom stereocenters. The molecule has 1 N–H and O–H groups in total. The quantitative estimate of drug-likeness (QED) is 0.903. The van der Waals surface area contributed by atoms with Gasteiger partial charge >= 0.3 is 0 Å². The molecule has 2 aromatic rings. The number of thioether (sulfide) groups is 1. The summed E-state index contributed by atoms with van der Waals surface area (Å²) >= 11 is 7.83. The number of amides is 2. The van der Waals surface area contributed by atoms with E-state index in [0.717, 1.165) is 22.6 Å². The van der Waals surface area contributed by atoms with Crippen LogP contribution in [-0.2, 0) is 4.79 Å². The summed E-state index contributed by atoms with van der Waals surface area (Å²) in [5.41, 5.74) is 1.03. The van der Waals surface area contributed by atoms with Crippen LogP contribution in [0, 0.1) is 0 Å². The average molecular weight is 365 g/mol. The molecule has 3 rings (SSSR count). The molecule has 0 saturated heterocycles. The number of furan rings is 1. The molecule has 1 aliphatic rings. The van der Waals surface area contributed by atoms with Crippen molar-refractivity contribution in [3.8, 4) is 0 Å². The molecule has 2 amide bonds. The van der Waals surface area contributed by atoms with Crippen molar-refractivity contribution in [3.05, 3.63) is 52.9 Å². The number of likely N-dealkylation sites (N-methyl/N-ethyl adjacent to an activating group) is 1. The normalized spacial score (nSPS) is 16.3. The van der Waals surface area contributed by atoms with Gasteiger partial charge in [-0.15, -0.1) is 11.8 Å². The van der Waals surface area contributed by atoms with E-state index in [1.165, 1.54) is 11.2 Å². The second kappa shape index (κ2) is 7.32. The molecule has 1 aromatic carbocycles. The van der Waals surface area contributed by atoms with Crippen LogP contribution in [0.5, 0.6) is 0 Å². The van der Waals surface area contributed by atoms with Crippen LogP contribution in [0.3, 0.4) is 0 Å². The van der Waals surface area contributed by atoms with Crippen molar-refractivity contribution in [2.45, 2.75) is 17.4 Å². The molecule has 0 radical (unpaired) electrons. The summed E-state index contributed by atoms with van der Waals surface area (Å²) in [6.45, 7) is -0.0287. The number of nitrogens with one attached hydrogen (secondary N) is 1. The Hall–Kier alpha value is -1.92. The third kappa shape index (κ3) is 3.76. The van der Waals surface area contributed by atoms with Crippen LogP contribution in [0.4, 0.5) is 0 Å². The van der Waals surface area contributed by atoms with E-state index in [2.05, 4.69) is 5.32 Å². The Labute approximate surface area is 149 Å². The van der Waals surface area contributed by atoms with Gasteiger partial charge in [-0.2, -0.15) is 0 Å². The van der Waals surface area contributed by atoms with Gasteiger partial charge in [-0.25, -0.2) is 0 Å².